The van der Waals surface area contributed by atoms with Crippen LogP contribution in [0, 0.1) is 0 Å². The van der Waals surface area contributed by atoms with Crippen LogP contribution >= 0.6 is 11.3 Å². The Bertz CT molecular complexity index is 1800. The molecule has 1 N–H and O–H groups in total. The van der Waals surface area contributed by atoms with Crippen LogP contribution < -0.4 is 0 Å². The lowest BCUT2D eigenvalue weighted by molar-refractivity contribution is 0.877. The molecular formula is C29H18N4S. The fourth-order valence-electron chi connectivity index (χ4n) is 4.73. The molecule has 7 aromatic rings. The van der Waals surface area contributed by atoms with E-state index in [0.29, 0.717) is 0 Å². The second-order valence-electron chi connectivity index (χ2n) is 8.28. The molecule has 7 rings (SSSR count). The van der Waals surface area contributed by atoms with Gasteiger partial charge in [0.15, 0.2) is 0 Å². The summed E-state index contributed by atoms with van der Waals surface area (Å²) in [6, 6.07) is 35.6. The van der Waals surface area contributed by atoms with Crippen molar-refractivity contribution in [2.75, 3.05) is 0 Å². The van der Waals surface area contributed by atoms with Crippen molar-refractivity contribution in [2.24, 2.45) is 0 Å². The van der Waals surface area contributed by atoms with Gasteiger partial charge in [-0.15, -0.1) is 21.5 Å². The van der Waals surface area contributed by atoms with Crippen LogP contribution in [0.3, 0.4) is 0 Å². The number of aromatic nitrogens is 4. The van der Waals surface area contributed by atoms with Crippen LogP contribution in [0.15, 0.2) is 103 Å². The third-order valence-corrected chi connectivity index (χ3v) is 7.40. The molecule has 3 heterocycles. The van der Waals surface area contributed by atoms with Gasteiger partial charge in [0, 0.05) is 36.7 Å². The zero-order chi connectivity index (χ0) is 22.5. The SMILES string of the molecule is c1ccc(-c2nnnc(-c3cc4ccc5sc6ccccc6c5c4[nH]3)c2-c2ccccc2)cc1. The zero-order valence-corrected chi connectivity index (χ0v) is 18.9. The van der Waals surface area contributed by atoms with Crippen LogP contribution in [0.4, 0.5) is 0 Å². The predicted octanol–water partition coefficient (Wildman–Crippen LogP) is 7.72. The fourth-order valence-corrected chi connectivity index (χ4v) is 5.84. The molecule has 0 fully saturated rings. The third kappa shape index (κ3) is 2.95. The summed E-state index contributed by atoms with van der Waals surface area (Å²) in [6.07, 6.45) is 0. The highest BCUT2D eigenvalue weighted by Gasteiger charge is 2.20. The van der Waals surface area contributed by atoms with E-state index >= 15 is 0 Å². The second-order valence-corrected chi connectivity index (χ2v) is 9.36. The van der Waals surface area contributed by atoms with Crippen LogP contribution in [-0.2, 0) is 0 Å². The molecule has 0 atom stereocenters. The number of hydrogen-bond acceptors (Lipinski definition) is 4. The van der Waals surface area contributed by atoms with Gasteiger partial charge in [-0.1, -0.05) is 84.9 Å². The van der Waals surface area contributed by atoms with E-state index in [9.17, 15) is 0 Å². The predicted molar refractivity (Wildman–Crippen MR) is 141 cm³/mol. The van der Waals surface area contributed by atoms with Crippen molar-refractivity contribution in [3.63, 3.8) is 0 Å². The van der Waals surface area contributed by atoms with Crippen LogP contribution in [0.2, 0.25) is 0 Å². The molecule has 0 aliphatic heterocycles. The summed E-state index contributed by atoms with van der Waals surface area (Å²) in [5.41, 5.74) is 6.72. The highest BCUT2D eigenvalue weighted by molar-refractivity contribution is 7.26. The third-order valence-electron chi connectivity index (χ3n) is 6.26. The average Bonchev–Trinajstić information content (AvgIpc) is 3.50. The van der Waals surface area contributed by atoms with Crippen LogP contribution in [-0.4, -0.2) is 20.4 Å². The first kappa shape index (κ1) is 19.1. The van der Waals surface area contributed by atoms with Gasteiger partial charge in [0.2, 0.25) is 0 Å². The van der Waals surface area contributed by atoms with Crippen molar-refractivity contribution in [3.05, 3.63) is 103 Å². The van der Waals surface area contributed by atoms with Gasteiger partial charge in [0.25, 0.3) is 0 Å². The molecule has 160 valence electrons. The Balaban J connectivity index is 1.53. The smallest absolute Gasteiger partial charge is 0.121 e. The Kier molecular flexibility index (Phi) is 4.29. The number of aromatic amines is 1. The van der Waals surface area contributed by atoms with E-state index in [1.54, 1.807) is 0 Å². The van der Waals surface area contributed by atoms with Gasteiger partial charge < -0.3 is 4.98 Å². The maximum Gasteiger partial charge on any atom is 0.121 e. The molecule has 0 amide bonds. The van der Waals surface area contributed by atoms with E-state index in [2.05, 4.69) is 87.1 Å². The summed E-state index contributed by atoms with van der Waals surface area (Å²) in [6.45, 7) is 0. The van der Waals surface area contributed by atoms with Crippen LogP contribution in [0.5, 0.6) is 0 Å². The molecule has 0 saturated heterocycles. The summed E-state index contributed by atoms with van der Waals surface area (Å²) >= 11 is 1.82. The van der Waals surface area contributed by atoms with E-state index in [4.69, 9.17) is 0 Å². The molecule has 34 heavy (non-hydrogen) atoms. The number of rotatable bonds is 3. The highest BCUT2D eigenvalue weighted by atomic mass is 32.1. The molecule has 4 aromatic carbocycles. The Hall–Kier alpha value is -4.35. The number of hydrogen-bond donors (Lipinski definition) is 1. The zero-order valence-electron chi connectivity index (χ0n) is 18.1. The lowest BCUT2D eigenvalue weighted by Gasteiger charge is -2.12. The van der Waals surface area contributed by atoms with Gasteiger partial charge in [-0.3, -0.25) is 0 Å². The number of nitrogens with one attached hydrogen (secondary N) is 1. The first-order valence-electron chi connectivity index (χ1n) is 11.1. The second kappa shape index (κ2) is 7.61. The van der Waals surface area contributed by atoms with Crippen molar-refractivity contribution >= 4 is 42.4 Å². The summed E-state index contributed by atoms with van der Waals surface area (Å²) < 4.78 is 2.57. The van der Waals surface area contributed by atoms with Crippen LogP contribution in [0.1, 0.15) is 0 Å². The normalized spacial score (nSPS) is 11.5. The Morgan fingerprint density at radius 2 is 1.32 bits per heavy atom. The van der Waals surface area contributed by atoms with Gasteiger partial charge in [0.1, 0.15) is 11.4 Å². The van der Waals surface area contributed by atoms with Gasteiger partial charge in [-0.2, -0.15) is 0 Å². The number of nitrogens with zero attached hydrogens (tertiary/aromatic N) is 3. The Labute approximate surface area is 199 Å². The van der Waals surface area contributed by atoms with Crippen molar-refractivity contribution in [2.45, 2.75) is 0 Å². The molecule has 4 nitrogen and oxygen atoms in total. The van der Waals surface area contributed by atoms with Gasteiger partial charge in [-0.25, -0.2) is 0 Å². The van der Waals surface area contributed by atoms with Gasteiger partial charge >= 0.3 is 0 Å². The lowest BCUT2D eigenvalue weighted by atomic mass is 9.97. The Morgan fingerprint density at radius 3 is 2.15 bits per heavy atom. The summed E-state index contributed by atoms with van der Waals surface area (Å²) in [4.78, 5) is 3.70. The minimum absolute atomic E-state index is 0.795. The minimum Gasteiger partial charge on any atom is -0.353 e. The first-order chi connectivity index (χ1) is 16.9. The molecule has 0 unspecified atom stereocenters. The highest BCUT2D eigenvalue weighted by Crippen LogP contribution is 2.41. The minimum atomic E-state index is 0.795. The summed E-state index contributed by atoms with van der Waals surface area (Å²) in [5.74, 6) is 0. The number of benzene rings is 4. The largest absolute Gasteiger partial charge is 0.353 e. The number of thiophene rings is 1. The topological polar surface area (TPSA) is 54.5 Å². The lowest BCUT2D eigenvalue weighted by Crippen LogP contribution is -2.00. The van der Waals surface area contributed by atoms with Crippen molar-refractivity contribution in [1.29, 1.82) is 0 Å². The number of fused-ring (bicyclic) bond motifs is 5. The maximum absolute atomic E-state index is 4.55. The fraction of sp³-hybridized carbons (Fsp3) is 0. The van der Waals surface area contributed by atoms with Gasteiger partial charge in [0.05, 0.1) is 11.2 Å². The van der Waals surface area contributed by atoms with E-state index in [1.807, 2.05) is 47.7 Å². The monoisotopic (exact) mass is 454 g/mol. The van der Waals surface area contributed by atoms with Gasteiger partial charge in [-0.05, 0) is 29.0 Å². The molecule has 0 aliphatic carbocycles. The average molecular weight is 455 g/mol. The number of H-pyrrole nitrogens is 1. The van der Waals surface area contributed by atoms with Crippen molar-refractivity contribution in [3.8, 4) is 33.8 Å². The van der Waals surface area contributed by atoms with E-state index in [-0.39, 0.29) is 0 Å². The Morgan fingerprint density at radius 1 is 0.618 bits per heavy atom. The van der Waals surface area contributed by atoms with E-state index < -0.39 is 0 Å². The summed E-state index contributed by atoms with van der Waals surface area (Å²) in [5, 5.41) is 16.9. The molecular weight excluding hydrogens is 436 g/mol. The molecule has 0 saturated carbocycles. The molecule has 5 heteroatoms. The van der Waals surface area contributed by atoms with E-state index in [0.717, 1.165) is 44.7 Å². The first-order valence-corrected chi connectivity index (χ1v) is 12.0. The molecule has 0 aliphatic rings. The van der Waals surface area contributed by atoms with Crippen molar-refractivity contribution < 1.29 is 0 Å². The quantitative estimate of drug-likeness (QED) is 0.297. The maximum atomic E-state index is 4.55. The van der Waals surface area contributed by atoms with E-state index in [1.165, 1.54) is 20.2 Å². The molecule has 0 radical (unpaired) electrons. The molecule has 0 spiro atoms. The van der Waals surface area contributed by atoms with Crippen molar-refractivity contribution in [1.82, 2.24) is 20.4 Å². The molecule has 3 aromatic heterocycles. The standard InChI is InChI=1S/C29H18N4S/c1-3-9-18(10-4-1)25-28(19-11-5-2-6-12-19)31-33-32-29(25)22-17-20-15-16-24-26(27(20)30-22)21-13-7-8-14-23(21)34-24/h1-17,30H. The summed E-state index contributed by atoms with van der Waals surface area (Å²) in [7, 11) is 0. The van der Waals surface area contributed by atoms with Crippen LogP contribution in [0.25, 0.3) is 64.8 Å². The molecule has 0 bridgehead atoms.